The smallest absolute Gasteiger partial charge is 0.269 e. The van der Waals surface area contributed by atoms with Gasteiger partial charge >= 0.3 is 0 Å². The fourth-order valence-corrected chi connectivity index (χ4v) is 2.38. The van der Waals surface area contributed by atoms with E-state index in [0.29, 0.717) is 22.0 Å². The molecule has 0 aromatic heterocycles. The summed E-state index contributed by atoms with van der Waals surface area (Å²) < 4.78 is 30.3. The first kappa shape index (κ1) is 11.7. The van der Waals surface area contributed by atoms with Crippen molar-refractivity contribution in [2.24, 2.45) is 0 Å². The predicted octanol–water partition coefficient (Wildman–Crippen LogP) is 1.52. The van der Waals surface area contributed by atoms with Crippen molar-refractivity contribution in [1.82, 2.24) is 0 Å². The van der Waals surface area contributed by atoms with Crippen LogP contribution in [0.4, 0.5) is 5.69 Å². The molecule has 0 amide bonds. The topological polar surface area (TPSA) is 101 Å². The van der Waals surface area contributed by atoms with E-state index in [1.807, 2.05) is 0 Å². The lowest BCUT2D eigenvalue weighted by molar-refractivity contribution is 0.479. The van der Waals surface area contributed by atoms with Crippen LogP contribution in [0.1, 0.15) is 5.56 Å². The zero-order valence-corrected chi connectivity index (χ0v) is 9.61. The second-order valence-corrected chi connectivity index (χ2v) is 5.24. The number of nitrogens with two attached hydrogens (primary N) is 1. The highest BCUT2D eigenvalue weighted by Gasteiger charge is 2.11. The average Bonchev–Trinajstić information content (AvgIpc) is 2.13. The summed E-state index contributed by atoms with van der Waals surface area (Å²) in [7, 11) is -4.12. The summed E-state index contributed by atoms with van der Waals surface area (Å²) in [6, 6.07) is 7.91. The minimum absolute atomic E-state index is 0.0979. The molecule has 2 aromatic rings. The summed E-state index contributed by atoms with van der Waals surface area (Å²) in [5.41, 5.74) is 6.43. The van der Waals surface area contributed by atoms with E-state index in [-0.39, 0.29) is 5.75 Å². The standard InChI is InChI=1S/C11H11NO4S/c12-9-3-1-2-8-4-7(6-17(14,15)16)5-10(13)11(8)9/h1-5,13H,6,12H2,(H,14,15,16). The number of phenolic OH excluding ortho intramolecular Hbond substituents is 1. The van der Waals surface area contributed by atoms with Crippen molar-refractivity contribution in [1.29, 1.82) is 0 Å². The third-order valence-corrected chi connectivity index (χ3v) is 3.10. The van der Waals surface area contributed by atoms with Crippen molar-refractivity contribution in [3.8, 4) is 5.75 Å². The molecule has 6 heteroatoms. The molecule has 0 aliphatic heterocycles. The molecule has 0 aliphatic rings. The summed E-state index contributed by atoms with van der Waals surface area (Å²) in [6.45, 7) is 0. The van der Waals surface area contributed by atoms with Gasteiger partial charge in [-0.2, -0.15) is 8.42 Å². The van der Waals surface area contributed by atoms with Crippen LogP contribution in [0.25, 0.3) is 10.8 Å². The first-order valence-corrected chi connectivity index (χ1v) is 6.43. The molecule has 0 saturated heterocycles. The van der Waals surface area contributed by atoms with E-state index in [1.54, 1.807) is 24.3 Å². The molecule has 0 heterocycles. The monoisotopic (exact) mass is 253 g/mol. The van der Waals surface area contributed by atoms with Crippen LogP contribution in [0.15, 0.2) is 30.3 Å². The first-order valence-electron chi connectivity index (χ1n) is 4.82. The van der Waals surface area contributed by atoms with Gasteiger partial charge in [-0.25, -0.2) is 0 Å². The van der Waals surface area contributed by atoms with Crippen LogP contribution in [0, 0.1) is 0 Å². The molecule has 0 aliphatic carbocycles. The maximum absolute atomic E-state index is 10.8. The van der Waals surface area contributed by atoms with E-state index in [1.165, 1.54) is 6.07 Å². The summed E-state index contributed by atoms with van der Waals surface area (Å²) >= 11 is 0. The summed E-state index contributed by atoms with van der Waals surface area (Å²) in [4.78, 5) is 0. The van der Waals surface area contributed by atoms with Gasteiger partial charge in [0.05, 0.1) is 0 Å². The van der Waals surface area contributed by atoms with Crippen molar-refractivity contribution < 1.29 is 18.1 Å². The highest BCUT2D eigenvalue weighted by atomic mass is 32.2. The molecule has 0 radical (unpaired) electrons. The van der Waals surface area contributed by atoms with E-state index in [9.17, 15) is 13.5 Å². The largest absolute Gasteiger partial charge is 0.507 e. The second kappa shape index (κ2) is 3.90. The number of fused-ring (bicyclic) bond motifs is 1. The van der Waals surface area contributed by atoms with E-state index in [2.05, 4.69) is 0 Å². The molecular formula is C11H11NO4S. The van der Waals surface area contributed by atoms with Gasteiger partial charge < -0.3 is 10.8 Å². The zero-order chi connectivity index (χ0) is 12.6. The number of phenols is 1. The Hall–Kier alpha value is -1.79. The van der Waals surface area contributed by atoms with Gasteiger partial charge in [-0.05, 0) is 29.1 Å². The molecule has 0 bridgehead atoms. The molecule has 17 heavy (non-hydrogen) atoms. The Morgan fingerprint density at radius 1 is 1.24 bits per heavy atom. The van der Waals surface area contributed by atoms with Gasteiger partial charge in [0.25, 0.3) is 10.1 Å². The Morgan fingerprint density at radius 2 is 1.94 bits per heavy atom. The Kier molecular flexibility index (Phi) is 2.68. The van der Waals surface area contributed by atoms with Crippen LogP contribution in [-0.2, 0) is 15.9 Å². The SMILES string of the molecule is Nc1cccc2cc(CS(=O)(=O)O)cc(O)c12. The highest BCUT2D eigenvalue weighted by molar-refractivity contribution is 7.85. The third kappa shape index (κ3) is 2.48. The van der Waals surface area contributed by atoms with Crippen LogP contribution in [0.3, 0.4) is 0 Å². The van der Waals surface area contributed by atoms with Crippen LogP contribution in [-0.4, -0.2) is 18.1 Å². The first-order chi connectivity index (χ1) is 7.87. The maximum atomic E-state index is 10.8. The van der Waals surface area contributed by atoms with E-state index in [4.69, 9.17) is 10.3 Å². The molecule has 0 atom stereocenters. The van der Waals surface area contributed by atoms with E-state index < -0.39 is 15.9 Å². The number of rotatable bonds is 2. The molecule has 2 rings (SSSR count). The fourth-order valence-electron chi connectivity index (χ4n) is 1.79. The predicted molar refractivity (Wildman–Crippen MR) is 65.3 cm³/mol. The van der Waals surface area contributed by atoms with Crippen LogP contribution in [0.2, 0.25) is 0 Å². The number of hydrogen-bond donors (Lipinski definition) is 3. The number of nitrogen functional groups attached to an aromatic ring is 1. The number of anilines is 1. The summed E-state index contributed by atoms with van der Waals surface area (Å²) in [5.74, 6) is -0.634. The minimum Gasteiger partial charge on any atom is -0.507 e. The highest BCUT2D eigenvalue weighted by Crippen LogP contribution is 2.31. The minimum atomic E-state index is -4.12. The van der Waals surface area contributed by atoms with Gasteiger partial charge in [-0.15, -0.1) is 0 Å². The van der Waals surface area contributed by atoms with E-state index in [0.717, 1.165) is 0 Å². The lowest BCUT2D eigenvalue weighted by Gasteiger charge is -2.07. The normalized spacial score (nSPS) is 11.8. The molecule has 5 nitrogen and oxygen atoms in total. The molecular weight excluding hydrogens is 242 g/mol. The van der Waals surface area contributed by atoms with Crippen LogP contribution >= 0.6 is 0 Å². The van der Waals surface area contributed by atoms with Gasteiger partial charge in [0, 0.05) is 11.1 Å². The Bertz CT molecular complexity index is 679. The maximum Gasteiger partial charge on any atom is 0.269 e. The van der Waals surface area contributed by atoms with Gasteiger partial charge in [0.15, 0.2) is 0 Å². The van der Waals surface area contributed by atoms with Crippen LogP contribution in [0.5, 0.6) is 5.75 Å². The number of hydrogen-bond acceptors (Lipinski definition) is 4. The molecule has 90 valence electrons. The Labute approximate surface area is 98.2 Å². The van der Waals surface area contributed by atoms with Crippen molar-refractivity contribution in [2.75, 3.05) is 5.73 Å². The molecule has 0 spiro atoms. The molecule has 4 N–H and O–H groups in total. The molecule has 0 saturated carbocycles. The zero-order valence-electron chi connectivity index (χ0n) is 8.79. The third-order valence-electron chi connectivity index (χ3n) is 2.40. The van der Waals surface area contributed by atoms with Gasteiger partial charge in [0.1, 0.15) is 11.5 Å². The Morgan fingerprint density at radius 3 is 2.59 bits per heavy atom. The van der Waals surface area contributed by atoms with Gasteiger partial charge in [-0.3, -0.25) is 4.55 Å². The van der Waals surface area contributed by atoms with Crippen molar-refractivity contribution in [3.05, 3.63) is 35.9 Å². The molecule has 2 aromatic carbocycles. The van der Waals surface area contributed by atoms with Gasteiger partial charge in [-0.1, -0.05) is 12.1 Å². The number of benzene rings is 2. The number of aromatic hydroxyl groups is 1. The van der Waals surface area contributed by atoms with Crippen molar-refractivity contribution >= 4 is 26.6 Å². The molecule has 0 unspecified atom stereocenters. The second-order valence-electron chi connectivity index (χ2n) is 3.79. The fraction of sp³-hybridized carbons (Fsp3) is 0.0909. The lowest BCUT2D eigenvalue weighted by Crippen LogP contribution is -2.01. The van der Waals surface area contributed by atoms with Crippen molar-refractivity contribution in [2.45, 2.75) is 5.75 Å². The Balaban J connectivity index is 2.64. The molecule has 0 fully saturated rings. The summed E-state index contributed by atoms with van der Waals surface area (Å²) in [6.07, 6.45) is 0. The lowest BCUT2D eigenvalue weighted by atomic mass is 10.1. The quantitative estimate of drug-likeness (QED) is 0.556. The van der Waals surface area contributed by atoms with Crippen molar-refractivity contribution in [3.63, 3.8) is 0 Å². The van der Waals surface area contributed by atoms with E-state index >= 15 is 0 Å². The average molecular weight is 253 g/mol. The summed E-state index contributed by atoms with van der Waals surface area (Å²) in [5, 5.41) is 10.9. The van der Waals surface area contributed by atoms with Gasteiger partial charge in [0.2, 0.25) is 0 Å². The van der Waals surface area contributed by atoms with Crippen LogP contribution < -0.4 is 5.73 Å².